The molecular formula is C22H19ClF2N4O2. The van der Waals surface area contributed by atoms with Gasteiger partial charge >= 0.3 is 0 Å². The number of amides is 2. The van der Waals surface area contributed by atoms with Gasteiger partial charge in [0.25, 0.3) is 11.8 Å². The summed E-state index contributed by atoms with van der Waals surface area (Å²) < 4.78 is 27.4. The number of nitriles is 1. The molecule has 2 amide bonds. The van der Waals surface area contributed by atoms with Crippen molar-refractivity contribution in [2.24, 2.45) is 0 Å². The van der Waals surface area contributed by atoms with Crippen molar-refractivity contribution in [1.82, 2.24) is 15.2 Å². The van der Waals surface area contributed by atoms with Crippen LogP contribution in [0.3, 0.4) is 0 Å². The molecule has 2 heterocycles. The minimum absolute atomic E-state index is 0.104. The highest BCUT2D eigenvalue weighted by molar-refractivity contribution is 6.30. The molecule has 0 bridgehead atoms. The van der Waals surface area contributed by atoms with Crippen molar-refractivity contribution in [3.05, 3.63) is 64.4 Å². The van der Waals surface area contributed by atoms with Gasteiger partial charge in [-0.05, 0) is 30.2 Å². The first-order valence-corrected chi connectivity index (χ1v) is 9.90. The molecule has 0 unspecified atom stereocenters. The van der Waals surface area contributed by atoms with Crippen LogP contribution < -0.4 is 5.32 Å². The molecule has 1 aromatic carbocycles. The summed E-state index contributed by atoms with van der Waals surface area (Å²) in [5.74, 6) is -4.33. The van der Waals surface area contributed by atoms with Gasteiger partial charge in [-0.15, -0.1) is 0 Å². The van der Waals surface area contributed by atoms with Crippen LogP contribution in [0.25, 0.3) is 12.2 Å². The normalized spacial score (nSPS) is 17.9. The topological polar surface area (TPSA) is 86.1 Å². The van der Waals surface area contributed by atoms with E-state index in [0.29, 0.717) is 10.6 Å². The Labute approximate surface area is 183 Å². The Kier molecular flexibility index (Phi) is 6.98. The number of rotatable bonds is 5. The molecule has 31 heavy (non-hydrogen) atoms. The van der Waals surface area contributed by atoms with Gasteiger partial charge in [-0.1, -0.05) is 35.9 Å². The van der Waals surface area contributed by atoms with Gasteiger partial charge in [-0.3, -0.25) is 14.6 Å². The first kappa shape index (κ1) is 22.4. The first-order chi connectivity index (χ1) is 14.8. The molecule has 1 aromatic heterocycles. The monoisotopic (exact) mass is 444 g/mol. The number of pyridine rings is 1. The number of nitrogens with one attached hydrogen (secondary N) is 1. The molecule has 1 saturated heterocycles. The van der Waals surface area contributed by atoms with Gasteiger partial charge < -0.3 is 10.2 Å². The largest absolute Gasteiger partial charge is 0.343 e. The van der Waals surface area contributed by atoms with Crippen molar-refractivity contribution < 1.29 is 18.4 Å². The number of alkyl halides is 2. The number of halogens is 3. The summed E-state index contributed by atoms with van der Waals surface area (Å²) in [6, 6.07) is 9.54. The maximum atomic E-state index is 13.7. The average Bonchev–Trinajstić information content (AvgIpc) is 2.76. The minimum Gasteiger partial charge on any atom is -0.343 e. The van der Waals surface area contributed by atoms with Crippen LogP contribution in [0.5, 0.6) is 0 Å². The number of hydrogen-bond acceptors (Lipinski definition) is 4. The van der Waals surface area contributed by atoms with Crippen LogP contribution in [-0.4, -0.2) is 46.8 Å². The van der Waals surface area contributed by atoms with Crippen LogP contribution in [0.2, 0.25) is 5.02 Å². The molecule has 9 heteroatoms. The molecule has 160 valence electrons. The van der Waals surface area contributed by atoms with Gasteiger partial charge in [0, 0.05) is 35.0 Å². The molecule has 1 N–H and O–H groups in total. The number of benzene rings is 1. The Hall–Kier alpha value is -3.31. The molecule has 1 aliphatic heterocycles. The fourth-order valence-electron chi connectivity index (χ4n) is 3.20. The summed E-state index contributed by atoms with van der Waals surface area (Å²) in [6.07, 6.45) is 5.87. The highest BCUT2D eigenvalue weighted by Gasteiger charge is 2.42. The molecule has 1 atom stereocenters. The Morgan fingerprint density at radius 1 is 1.29 bits per heavy atom. The van der Waals surface area contributed by atoms with Crippen LogP contribution >= 0.6 is 11.6 Å². The van der Waals surface area contributed by atoms with E-state index in [1.165, 1.54) is 18.5 Å². The second-order valence-electron chi connectivity index (χ2n) is 7.09. The molecule has 1 fully saturated rings. The lowest BCUT2D eigenvalue weighted by atomic mass is 10.00. The fourth-order valence-corrected chi connectivity index (χ4v) is 3.32. The van der Waals surface area contributed by atoms with Crippen LogP contribution in [0.1, 0.15) is 34.3 Å². The van der Waals surface area contributed by atoms with Crippen molar-refractivity contribution in [2.75, 3.05) is 13.1 Å². The maximum absolute atomic E-state index is 13.7. The maximum Gasteiger partial charge on any atom is 0.265 e. The number of likely N-dealkylation sites (tertiary alicyclic amines) is 1. The Morgan fingerprint density at radius 2 is 2.03 bits per heavy atom. The van der Waals surface area contributed by atoms with Crippen LogP contribution in [0.4, 0.5) is 8.78 Å². The van der Waals surface area contributed by atoms with Crippen molar-refractivity contribution in [3.8, 4) is 6.07 Å². The Bertz CT molecular complexity index is 1030. The van der Waals surface area contributed by atoms with E-state index in [0.717, 1.165) is 10.5 Å². The average molecular weight is 445 g/mol. The lowest BCUT2D eigenvalue weighted by Gasteiger charge is -2.36. The summed E-state index contributed by atoms with van der Waals surface area (Å²) in [4.78, 5) is 29.9. The molecule has 0 saturated carbocycles. The number of piperidine rings is 1. The highest BCUT2D eigenvalue weighted by Crippen LogP contribution is 2.30. The van der Waals surface area contributed by atoms with Gasteiger partial charge in [0.2, 0.25) is 5.91 Å². The molecule has 0 radical (unpaired) electrons. The van der Waals surface area contributed by atoms with E-state index < -0.39 is 43.3 Å². The SMILES string of the molecule is N#C[C@@H]1CCC(F)(F)CN1C(=O)CNC(=O)c1ccncc1/C=C/c1ccc(Cl)cc1. The predicted molar refractivity (Wildman–Crippen MR) is 112 cm³/mol. The summed E-state index contributed by atoms with van der Waals surface area (Å²) >= 11 is 5.87. The van der Waals surface area contributed by atoms with E-state index >= 15 is 0 Å². The van der Waals surface area contributed by atoms with Crippen molar-refractivity contribution in [3.63, 3.8) is 0 Å². The molecule has 2 aromatic rings. The number of carbonyl (C=O) groups excluding carboxylic acids is 2. The summed E-state index contributed by atoms with van der Waals surface area (Å²) in [5, 5.41) is 12.2. The smallest absolute Gasteiger partial charge is 0.265 e. The third-order valence-electron chi connectivity index (χ3n) is 4.85. The van der Waals surface area contributed by atoms with Crippen LogP contribution in [-0.2, 0) is 4.79 Å². The summed E-state index contributed by atoms with van der Waals surface area (Å²) in [7, 11) is 0. The summed E-state index contributed by atoms with van der Waals surface area (Å²) in [5.41, 5.74) is 1.65. The Morgan fingerprint density at radius 3 is 2.74 bits per heavy atom. The van der Waals surface area contributed by atoms with E-state index in [4.69, 9.17) is 16.9 Å². The molecular weight excluding hydrogens is 426 g/mol. The van der Waals surface area contributed by atoms with E-state index in [1.54, 1.807) is 24.3 Å². The zero-order valence-electron chi connectivity index (χ0n) is 16.4. The molecule has 0 spiro atoms. The molecule has 3 rings (SSSR count). The number of carbonyl (C=O) groups is 2. The van der Waals surface area contributed by atoms with Crippen LogP contribution in [0, 0.1) is 11.3 Å². The second kappa shape index (κ2) is 9.67. The van der Waals surface area contributed by atoms with Crippen molar-refractivity contribution in [1.29, 1.82) is 5.26 Å². The van der Waals surface area contributed by atoms with Crippen molar-refractivity contribution >= 4 is 35.6 Å². The number of hydrogen-bond donors (Lipinski definition) is 1. The van der Waals surface area contributed by atoms with Gasteiger partial charge in [-0.25, -0.2) is 8.78 Å². The third kappa shape index (κ3) is 5.86. The highest BCUT2D eigenvalue weighted by atomic mass is 35.5. The van der Waals surface area contributed by atoms with E-state index in [9.17, 15) is 18.4 Å². The van der Waals surface area contributed by atoms with Gasteiger partial charge in [0.05, 0.1) is 19.2 Å². The first-order valence-electron chi connectivity index (χ1n) is 9.52. The molecule has 0 aliphatic carbocycles. The second-order valence-corrected chi connectivity index (χ2v) is 7.53. The Balaban J connectivity index is 1.67. The fraction of sp³-hybridized carbons (Fsp3) is 0.273. The van der Waals surface area contributed by atoms with E-state index in [1.807, 2.05) is 18.2 Å². The third-order valence-corrected chi connectivity index (χ3v) is 5.10. The zero-order valence-corrected chi connectivity index (χ0v) is 17.1. The quantitative estimate of drug-likeness (QED) is 0.760. The number of nitrogens with zero attached hydrogens (tertiary/aromatic N) is 3. The van der Waals surface area contributed by atoms with Crippen molar-refractivity contribution in [2.45, 2.75) is 24.8 Å². The van der Waals surface area contributed by atoms with Gasteiger partial charge in [0.1, 0.15) is 6.04 Å². The lowest BCUT2D eigenvalue weighted by Crippen LogP contribution is -2.53. The van der Waals surface area contributed by atoms with Gasteiger partial charge in [0.15, 0.2) is 0 Å². The molecule has 1 aliphatic rings. The summed E-state index contributed by atoms with van der Waals surface area (Å²) in [6.45, 7) is -1.32. The standard InChI is InChI=1S/C22H19ClF2N4O2/c23-17-5-2-15(3-6-17)1-4-16-12-27-10-8-19(16)21(31)28-13-20(30)29-14-22(24,25)9-7-18(29)11-26/h1-6,8,10,12,18H,7,9,13-14H2,(H,28,31)/b4-1+/t18-/m0/s1. The van der Waals surface area contributed by atoms with Crippen LogP contribution in [0.15, 0.2) is 42.7 Å². The number of aromatic nitrogens is 1. The van der Waals surface area contributed by atoms with E-state index in [-0.39, 0.29) is 12.0 Å². The predicted octanol–water partition coefficient (Wildman–Crippen LogP) is 3.79. The van der Waals surface area contributed by atoms with Gasteiger partial charge in [-0.2, -0.15) is 5.26 Å². The zero-order chi connectivity index (χ0) is 22.4. The van der Waals surface area contributed by atoms with E-state index in [2.05, 4.69) is 10.3 Å². The minimum atomic E-state index is -3.04. The lowest BCUT2D eigenvalue weighted by molar-refractivity contribution is -0.143. The molecule has 6 nitrogen and oxygen atoms in total.